The minimum absolute atomic E-state index is 0.555. The standard InChI is InChI=1S/C20H19NO3/c1-4-11-21-16-13-19(24-17-8-6-5-7-15(16)17)14-9-10-18(22-2)20(12-14)23-3/h4-10,12-13H,1,11H2,2-3H3. The molecule has 4 nitrogen and oxygen atoms in total. The lowest BCUT2D eigenvalue weighted by molar-refractivity contribution is 0.355. The predicted molar refractivity (Wildman–Crippen MR) is 95.4 cm³/mol. The van der Waals surface area contributed by atoms with Crippen LogP contribution in [0.4, 0.5) is 0 Å². The minimum atomic E-state index is 0.555. The first-order valence-corrected chi connectivity index (χ1v) is 7.63. The molecule has 2 aromatic carbocycles. The van der Waals surface area contributed by atoms with Crippen LogP contribution in [0.2, 0.25) is 0 Å². The van der Waals surface area contributed by atoms with Crippen molar-refractivity contribution in [3.63, 3.8) is 0 Å². The fourth-order valence-electron chi connectivity index (χ4n) is 2.54. The molecule has 0 saturated carbocycles. The van der Waals surface area contributed by atoms with Gasteiger partial charge in [-0.2, -0.15) is 0 Å². The molecule has 24 heavy (non-hydrogen) atoms. The van der Waals surface area contributed by atoms with Crippen molar-refractivity contribution in [2.45, 2.75) is 0 Å². The molecule has 0 N–H and O–H groups in total. The molecule has 0 unspecified atom stereocenters. The maximum absolute atomic E-state index is 6.06. The highest BCUT2D eigenvalue weighted by Crippen LogP contribution is 2.32. The number of nitrogens with zero attached hydrogens (tertiary/aromatic N) is 1. The van der Waals surface area contributed by atoms with Gasteiger partial charge in [-0.05, 0) is 30.3 Å². The third-order valence-electron chi connectivity index (χ3n) is 3.71. The summed E-state index contributed by atoms with van der Waals surface area (Å²) in [6, 6.07) is 15.5. The lowest BCUT2D eigenvalue weighted by atomic mass is 10.1. The molecule has 0 aliphatic rings. The number of hydrogen-bond donors (Lipinski definition) is 0. The van der Waals surface area contributed by atoms with Gasteiger partial charge in [0.2, 0.25) is 0 Å². The topological polar surface area (TPSA) is 44.0 Å². The Morgan fingerprint density at radius 2 is 1.83 bits per heavy atom. The quantitative estimate of drug-likeness (QED) is 0.661. The first kappa shape index (κ1) is 15.9. The van der Waals surface area contributed by atoms with Crippen molar-refractivity contribution in [1.82, 2.24) is 0 Å². The SMILES string of the molecule is C=CCN=c1cc(-c2ccc(OC)c(OC)c2)oc2ccccc12. The average Bonchev–Trinajstić information content (AvgIpc) is 2.65. The second kappa shape index (κ2) is 7.04. The molecule has 4 heteroatoms. The summed E-state index contributed by atoms with van der Waals surface area (Å²) in [7, 11) is 3.23. The maximum atomic E-state index is 6.06. The van der Waals surface area contributed by atoms with Crippen molar-refractivity contribution in [1.29, 1.82) is 0 Å². The van der Waals surface area contributed by atoms with E-state index in [1.54, 1.807) is 20.3 Å². The van der Waals surface area contributed by atoms with E-state index >= 15 is 0 Å². The Balaban J connectivity index is 2.21. The number of ether oxygens (including phenoxy) is 2. The third-order valence-corrected chi connectivity index (χ3v) is 3.71. The predicted octanol–water partition coefficient (Wildman–Crippen LogP) is 4.20. The van der Waals surface area contributed by atoms with Gasteiger partial charge in [-0.15, -0.1) is 6.58 Å². The van der Waals surface area contributed by atoms with Crippen LogP contribution in [0.15, 0.2) is 70.6 Å². The number of hydrogen-bond acceptors (Lipinski definition) is 4. The van der Waals surface area contributed by atoms with E-state index in [0.717, 1.165) is 27.7 Å². The smallest absolute Gasteiger partial charge is 0.161 e. The lowest BCUT2D eigenvalue weighted by Gasteiger charge is -2.10. The molecule has 3 aromatic rings. The Bertz CT molecular complexity index is 941. The van der Waals surface area contributed by atoms with Gasteiger partial charge in [0.25, 0.3) is 0 Å². The van der Waals surface area contributed by atoms with E-state index in [0.29, 0.717) is 18.0 Å². The van der Waals surface area contributed by atoms with E-state index in [1.165, 1.54) is 0 Å². The highest BCUT2D eigenvalue weighted by atomic mass is 16.5. The van der Waals surface area contributed by atoms with Crippen molar-refractivity contribution in [2.75, 3.05) is 20.8 Å². The molecule has 3 rings (SSSR count). The number of fused-ring (bicyclic) bond motifs is 1. The van der Waals surface area contributed by atoms with Gasteiger partial charge in [-0.3, -0.25) is 4.99 Å². The molecule has 0 amide bonds. The highest BCUT2D eigenvalue weighted by Gasteiger charge is 2.09. The molecule has 0 bridgehead atoms. The van der Waals surface area contributed by atoms with Crippen LogP contribution in [0.1, 0.15) is 0 Å². The van der Waals surface area contributed by atoms with Gasteiger partial charge < -0.3 is 13.9 Å². The van der Waals surface area contributed by atoms with E-state index < -0.39 is 0 Å². The fraction of sp³-hybridized carbons (Fsp3) is 0.150. The summed E-state index contributed by atoms with van der Waals surface area (Å²) in [5, 5.41) is 1.85. The van der Waals surface area contributed by atoms with Crippen LogP contribution in [0, 0.1) is 0 Å². The molecule has 1 aromatic heterocycles. The average molecular weight is 321 g/mol. The third kappa shape index (κ3) is 3.04. The van der Waals surface area contributed by atoms with Crippen LogP contribution in [0.5, 0.6) is 11.5 Å². The Morgan fingerprint density at radius 3 is 2.58 bits per heavy atom. The zero-order chi connectivity index (χ0) is 16.9. The second-order valence-corrected chi connectivity index (χ2v) is 5.19. The van der Waals surface area contributed by atoms with E-state index in [9.17, 15) is 0 Å². The van der Waals surface area contributed by atoms with E-state index in [4.69, 9.17) is 13.9 Å². The molecule has 1 heterocycles. The van der Waals surface area contributed by atoms with Gasteiger partial charge in [0.15, 0.2) is 11.5 Å². The number of benzene rings is 2. The van der Waals surface area contributed by atoms with Crippen molar-refractivity contribution >= 4 is 11.0 Å². The summed E-state index contributed by atoms with van der Waals surface area (Å²) in [5.41, 5.74) is 1.68. The van der Waals surface area contributed by atoms with Gasteiger partial charge in [-0.1, -0.05) is 18.2 Å². The summed E-state index contributed by atoms with van der Waals surface area (Å²) in [6.45, 7) is 4.29. The van der Waals surface area contributed by atoms with E-state index in [1.807, 2.05) is 48.5 Å². The van der Waals surface area contributed by atoms with Crippen LogP contribution in [0.25, 0.3) is 22.3 Å². The molecule has 122 valence electrons. The Morgan fingerprint density at radius 1 is 1.04 bits per heavy atom. The molecule has 0 radical (unpaired) electrons. The van der Waals surface area contributed by atoms with Gasteiger partial charge >= 0.3 is 0 Å². The van der Waals surface area contributed by atoms with Crippen LogP contribution in [0.3, 0.4) is 0 Å². The molecule has 0 saturated heterocycles. The van der Waals surface area contributed by atoms with Crippen LogP contribution in [-0.2, 0) is 0 Å². The molecule has 0 aliphatic carbocycles. The first-order valence-electron chi connectivity index (χ1n) is 7.63. The van der Waals surface area contributed by atoms with E-state index in [-0.39, 0.29) is 0 Å². The van der Waals surface area contributed by atoms with Crippen LogP contribution < -0.4 is 14.8 Å². The zero-order valence-electron chi connectivity index (χ0n) is 13.8. The largest absolute Gasteiger partial charge is 0.493 e. The van der Waals surface area contributed by atoms with E-state index in [2.05, 4.69) is 11.6 Å². The Labute approximate surface area is 140 Å². The zero-order valence-corrected chi connectivity index (χ0v) is 13.8. The van der Waals surface area contributed by atoms with Gasteiger partial charge in [0.05, 0.1) is 26.1 Å². The Hall–Kier alpha value is -3.01. The Kier molecular flexibility index (Phi) is 4.66. The van der Waals surface area contributed by atoms with Gasteiger partial charge in [0.1, 0.15) is 11.3 Å². The molecule has 0 aliphatic heterocycles. The maximum Gasteiger partial charge on any atom is 0.161 e. The normalized spacial score (nSPS) is 11.5. The molecular formula is C20H19NO3. The highest BCUT2D eigenvalue weighted by molar-refractivity contribution is 5.78. The van der Waals surface area contributed by atoms with Gasteiger partial charge in [-0.25, -0.2) is 0 Å². The van der Waals surface area contributed by atoms with Crippen LogP contribution in [-0.4, -0.2) is 20.8 Å². The number of methoxy groups -OCH3 is 2. The van der Waals surface area contributed by atoms with Crippen molar-refractivity contribution in [3.05, 3.63) is 66.5 Å². The summed E-state index contributed by atoms with van der Waals surface area (Å²) in [6.07, 6.45) is 1.77. The van der Waals surface area contributed by atoms with Crippen molar-refractivity contribution in [3.8, 4) is 22.8 Å². The summed E-state index contributed by atoms with van der Waals surface area (Å²) < 4.78 is 16.7. The minimum Gasteiger partial charge on any atom is -0.493 e. The van der Waals surface area contributed by atoms with Crippen molar-refractivity contribution < 1.29 is 13.9 Å². The summed E-state index contributed by atoms with van der Waals surface area (Å²) >= 11 is 0. The molecular weight excluding hydrogens is 302 g/mol. The molecule has 0 atom stereocenters. The molecule has 0 spiro atoms. The fourth-order valence-corrected chi connectivity index (χ4v) is 2.54. The number of para-hydroxylation sites is 1. The van der Waals surface area contributed by atoms with Crippen LogP contribution >= 0.6 is 0 Å². The summed E-state index contributed by atoms with van der Waals surface area (Å²) in [4.78, 5) is 4.58. The summed E-state index contributed by atoms with van der Waals surface area (Å²) in [5.74, 6) is 2.05. The van der Waals surface area contributed by atoms with Gasteiger partial charge in [0, 0.05) is 17.0 Å². The first-order chi connectivity index (χ1) is 11.8. The monoisotopic (exact) mass is 321 g/mol. The van der Waals surface area contributed by atoms with Crippen molar-refractivity contribution in [2.24, 2.45) is 4.99 Å². The lowest BCUT2D eigenvalue weighted by Crippen LogP contribution is -2.04. The number of rotatable bonds is 5. The second-order valence-electron chi connectivity index (χ2n) is 5.19. The molecule has 0 fully saturated rings.